The van der Waals surface area contributed by atoms with Crippen molar-refractivity contribution in [2.24, 2.45) is 17.8 Å². The van der Waals surface area contributed by atoms with Gasteiger partial charge in [0.2, 0.25) is 0 Å². The van der Waals surface area contributed by atoms with Gasteiger partial charge in [0.25, 0.3) is 0 Å². The maximum absolute atomic E-state index is 11.4. The van der Waals surface area contributed by atoms with E-state index in [1.165, 1.54) is 19.3 Å². The van der Waals surface area contributed by atoms with Crippen LogP contribution in [0.15, 0.2) is 0 Å². The molecule has 0 aliphatic heterocycles. The minimum atomic E-state index is 0.0599. The van der Waals surface area contributed by atoms with Crippen LogP contribution in [0, 0.1) is 17.8 Å². The third-order valence-corrected chi connectivity index (χ3v) is 3.33. The fourth-order valence-corrected chi connectivity index (χ4v) is 2.78. The number of fused-ring (bicyclic) bond motifs is 2. The second-order valence-electron chi connectivity index (χ2n) is 4.03. The predicted octanol–water partition coefficient (Wildman–Crippen LogP) is 1.99. The van der Waals surface area contributed by atoms with E-state index in [1.54, 1.807) is 0 Å². The van der Waals surface area contributed by atoms with E-state index in [-0.39, 0.29) is 11.9 Å². The Hall–Kier alpha value is -0.530. The molecule has 0 unspecified atom stereocenters. The average Bonchev–Trinajstić information content (AvgIpc) is 2.64. The average molecular weight is 168 g/mol. The lowest BCUT2D eigenvalue weighted by Crippen LogP contribution is -2.23. The van der Waals surface area contributed by atoms with Crippen molar-refractivity contribution in [1.29, 1.82) is 0 Å². The number of hydrogen-bond acceptors (Lipinski definition) is 2. The molecule has 0 aromatic rings. The minimum absolute atomic E-state index is 0.0599. The zero-order chi connectivity index (χ0) is 8.55. The molecule has 2 fully saturated rings. The molecule has 0 spiro atoms. The van der Waals surface area contributed by atoms with Gasteiger partial charge in [-0.3, -0.25) is 4.79 Å². The van der Waals surface area contributed by atoms with Crippen molar-refractivity contribution in [3.8, 4) is 0 Å². The van der Waals surface area contributed by atoms with Gasteiger partial charge in [-0.25, -0.2) is 0 Å². The number of carbonyl (C=O) groups excluding carboxylic acids is 1. The Morgan fingerprint density at radius 3 is 2.75 bits per heavy atom. The summed E-state index contributed by atoms with van der Waals surface area (Å²) in [5, 5.41) is 0. The molecule has 2 rings (SSSR count). The van der Waals surface area contributed by atoms with E-state index in [0.717, 1.165) is 12.3 Å². The maximum atomic E-state index is 11.4. The van der Waals surface area contributed by atoms with Crippen molar-refractivity contribution < 1.29 is 9.53 Å². The van der Waals surface area contributed by atoms with E-state index in [1.807, 2.05) is 6.92 Å². The third kappa shape index (κ3) is 1.23. The fourth-order valence-electron chi connectivity index (χ4n) is 2.78. The Kier molecular flexibility index (Phi) is 2.07. The molecule has 0 saturated heterocycles. The van der Waals surface area contributed by atoms with Crippen LogP contribution in [-0.2, 0) is 9.53 Å². The molecule has 2 aliphatic rings. The summed E-state index contributed by atoms with van der Waals surface area (Å²) in [5.74, 6) is 1.81. The molecule has 0 radical (unpaired) electrons. The smallest absolute Gasteiger partial charge is 0.309 e. The van der Waals surface area contributed by atoms with Crippen LogP contribution in [0.3, 0.4) is 0 Å². The lowest BCUT2D eigenvalue weighted by molar-refractivity contribution is -0.149. The highest BCUT2D eigenvalue weighted by molar-refractivity contribution is 5.73. The molecule has 0 aromatic heterocycles. The number of ether oxygens (including phenoxy) is 1. The van der Waals surface area contributed by atoms with Crippen LogP contribution in [0.25, 0.3) is 0 Å². The van der Waals surface area contributed by atoms with Crippen LogP contribution in [0.1, 0.15) is 32.6 Å². The predicted molar refractivity (Wildman–Crippen MR) is 45.6 cm³/mol. The van der Waals surface area contributed by atoms with Crippen molar-refractivity contribution in [3.63, 3.8) is 0 Å². The lowest BCUT2D eigenvalue weighted by atomic mass is 9.89. The van der Waals surface area contributed by atoms with Gasteiger partial charge >= 0.3 is 5.97 Å². The van der Waals surface area contributed by atoms with Gasteiger partial charge in [0.05, 0.1) is 12.5 Å². The van der Waals surface area contributed by atoms with Gasteiger partial charge in [-0.1, -0.05) is 6.42 Å². The molecule has 3 atom stereocenters. The Morgan fingerprint density at radius 1 is 1.42 bits per heavy atom. The Labute approximate surface area is 73.3 Å². The number of carbonyl (C=O) groups is 1. The molecule has 2 nitrogen and oxygen atoms in total. The van der Waals surface area contributed by atoms with Crippen molar-refractivity contribution in [2.45, 2.75) is 32.6 Å². The number of esters is 1. The first-order valence-corrected chi connectivity index (χ1v) is 4.98. The minimum Gasteiger partial charge on any atom is -0.466 e. The second-order valence-corrected chi connectivity index (χ2v) is 4.03. The SMILES string of the molecule is CCOC(=O)[C@@H]1C[C@H]2CC[C@H]1C2. The Morgan fingerprint density at radius 2 is 2.25 bits per heavy atom. The molecular weight excluding hydrogens is 152 g/mol. The van der Waals surface area contributed by atoms with E-state index >= 15 is 0 Å². The van der Waals surface area contributed by atoms with Crippen molar-refractivity contribution in [2.75, 3.05) is 6.61 Å². The summed E-state index contributed by atoms with van der Waals surface area (Å²) in [4.78, 5) is 11.4. The highest BCUT2D eigenvalue weighted by atomic mass is 16.5. The highest BCUT2D eigenvalue weighted by Gasteiger charge is 2.43. The van der Waals surface area contributed by atoms with E-state index in [4.69, 9.17) is 4.74 Å². The van der Waals surface area contributed by atoms with Gasteiger partial charge in [0.1, 0.15) is 0 Å². The van der Waals surface area contributed by atoms with Crippen molar-refractivity contribution >= 4 is 5.97 Å². The van der Waals surface area contributed by atoms with E-state index in [0.29, 0.717) is 12.5 Å². The molecule has 0 aromatic carbocycles. The van der Waals surface area contributed by atoms with Crippen LogP contribution in [-0.4, -0.2) is 12.6 Å². The van der Waals surface area contributed by atoms with Gasteiger partial charge in [0.15, 0.2) is 0 Å². The molecule has 12 heavy (non-hydrogen) atoms. The first-order chi connectivity index (χ1) is 5.81. The highest BCUT2D eigenvalue weighted by Crippen LogP contribution is 2.48. The standard InChI is InChI=1S/C10H16O2/c1-2-12-10(11)9-6-7-3-4-8(9)5-7/h7-9H,2-6H2,1H3/t7-,8-,9+/m0/s1. The van der Waals surface area contributed by atoms with Crippen LogP contribution < -0.4 is 0 Å². The fraction of sp³-hybridized carbons (Fsp3) is 0.900. The summed E-state index contributed by atoms with van der Waals surface area (Å²) in [6.07, 6.45) is 4.99. The molecule has 2 heteroatoms. The molecule has 2 aliphatic carbocycles. The molecule has 2 bridgehead atoms. The quantitative estimate of drug-likeness (QED) is 0.589. The van der Waals surface area contributed by atoms with Crippen LogP contribution in [0.5, 0.6) is 0 Å². The van der Waals surface area contributed by atoms with Crippen LogP contribution in [0.4, 0.5) is 0 Å². The topological polar surface area (TPSA) is 26.3 Å². The van der Waals surface area contributed by atoms with E-state index < -0.39 is 0 Å². The van der Waals surface area contributed by atoms with Gasteiger partial charge in [0, 0.05) is 0 Å². The summed E-state index contributed by atoms with van der Waals surface area (Å²) in [7, 11) is 0. The van der Waals surface area contributed by atoms with Crippen LogP contribution in [0.2, 0.25) is 0 Å². The van der Waals surface area contributed by atoms with Crippen molar-refractivity contribution in [1.82, 2.24) is 0 Å². The largest absolute Gasteiger partial charge is 0.466 e. The zero-order valence-corrected chi connectivity index (χ0v) is 7.58. The summed E-state index contributed by atoms with van der Waals surface area (Å²) >= 11 is 0. The first-order valence-electron chi connectivity index (χ1n) is 4.98. The third-order valence-electron chi connectivity index (χ3n) is 3.33. The lowest BCUT2D eigenvalue weighted by Gasteiger charge is -2.19. The zero-order valence-electron chi connectivity index (χ0n) is 7.58. The maximum Gasteiger partial charge on any atom is 0.309 e. The van der Waals surface area contributed by atoms with E-state index in [9.17, 15) is 4.79 Å². The molecule has 0 amide bonds. The first kappa shape index (κ1) is 8.09. The van der Waals surface area contributed by atoms with Gasteiger partial charge in [-0.05, 0) is 38.0 Å². The molecular formula is C10H16O2. The number of hydrogen-bond donors (Lipinski definition) is 0. The van der Waals surface area contributed by atoms with E-state index in [2.05, 4.69) is 0 Å². The summed E-state index contributed by atoms with van der Waals surface area (Å²) < 4.78 is 5.04. The molecule has 0 heterocycles. The molecule has 2 saturated carbocycles. The van der Waals surface area contributed by atoms with Gasteiger partial charge < -0.3 is 4.74 Å². The molecule has 68 valence electrons. The summed E-state index contributed by atoms with van der Waals surface area (Å²) in [6.45, 7) is 2.41. The number of rotatable bonds is 2. The summed E-state index contributed by atoms with van der Waals surface area (Å²) in [5.41, 5.74) is 0. The Balaban J connectivity index is 1.93. The molecule has 0 N–H and O–H groups in total. The van der Waals surface area contributed by atoms with Crippen LogP contribution >= 0.6 is 0 Å². The van der Waals surface area contributed by atoms with Gasteiger partial charge in [-0.2, -0.15) is 0 Å². The Bertz CT molecular complexity index is 188. The van der Waals surface area contributed by atoms with Crippen molar-refractivity contribution in [3.05, 3.63) is 0 Å². The normalized spacial score (nSPS) is 38.6. The monoisotopic (exact) mass is 168 g/mol. The van der Waals surface area contributed by atoms with Gasteiger partial charge in [-0.15, -0.1) is 0 Å². The second kappa shape index (κ2) is 3.08. The summed E-state index contributed by atoms with van der Waals surface area (Å²) in [6, 6.07) is 0.